The van der Waals surface area contributed by atoms with Gasteiger partial charge in [-0.3, -0.25) is 4.79 Å². The number of hydrogen-bond acceptors (Lipinski definition) is 3. The average molecular weight is 359 g/mol. The van der Waals surface area contributed by atoms with E-state index >= 15 is 0 Å². The molecule has 0 saturated carbocycles. The first kappa shape index (κ1) is 18.0. The Morgan fingerprint density at radius 2 is 2.04 bits per heavy atom. The summed E-state index contributed by atoms with van der Waals surface area (Å²) in [6.07, 6.45) is 2.13. The van der Waals surface area contributed by atoms with Gasteiger partial charge >= 0.3 is 6.09 Å². The minimum Gasteiger partial charge on any atom is -0.444 e. The Balaban J connectivity index is 2.00. The van der Waals surface area contributed by atoms with Gasteiger partial charge in [0.05, 0.1) is 5.52 Å². The van der Waals surface area contributed by atoms with Crippen LogP contribution < -0.4 is 5.73 Å². The van der Waals surface area contributed by atoms with E-state index in [1.54, 1.807) is 37.8 Å². The van der Waals surface area contributed by atoms with Crippen LogP contribution in [0.4, 0.5) is 9.18 Å². The summed E-state index contributed by atoms with van der Waals surface area (Å²) >= 11 is 0. The highest BCUT2D eigenvalue weighted by Crippen LogP contribution is 2.32. The molecule has 0 atom stereocenters. The Morgan fingerprint density at radius 1 is 1.31 bits per heavy atom. The van der Waals surface area contributed by atoms with E-state index in [-0.39, 0.29) is 17.8 Å². The first-order valence-electron chi connectivity index (χ1n) is 8.44. The summed E-state index contributed by atoms with van der Waals surface area (Å²) in [5, 5.41) is 0.566. The van der Waals surface area contributed by atoms with Gasteiger partial charge in [-0.2, -0.15) is 0 Å². The molecule has 0 saturated heterocycles. The summed E-state index contributed by atoms with van der Waals surface area (Å²) in [5.41, 5.74) is 6.55. The van der Waals surface area contributed by atoms with Crippen LogP contribution in [0.3, 0.4) is 0 Å². The number of nitrogens with zero attached hydrogens (tertiary/aromatic N) is 1. The summed E-state index contributed by atoms with van der Waals surface area (Å²) in [7, 11) is 0. The SMILES string of the molecule is CC(C)(C)OC(=O)N1CCC=C(c2c(C(N)=O)[nH]c3c(F)cccc23)C1. The molecule has 2 heterocycles. The fraction of sp³-hybridized carbons (Fsp3) is 0.368. The van der Waals surface area contributed by atoms with Crippen molar-refractivity contribution in [3.63, 3.8) is 0 Å². The van der Waals surface area contributed by atoms with Gasteiger partial charge < -0.3 is 20.4 Å². The number of ether oxygens (including phenoxy) is 1. The number of fused-ring (bicyclic) bond motifs is 1. The highest BCUT2D eigenvalue weighted by atomic mass is 19.1. The molecule has 0 aliphatic carbocycles. The van der Waals surface area contributed by atoms with Crippen molar-refractivity contribution in [2.75, 3.05) is 13.1 Å². The van der Waals surface area contributed by atoms with Gasteiger partial charge in [0.2, 0.25) is 0 Å². The molecule has 3 rings (SSSR count). The molecule has 2 amide bonds. The van der Waals surface area contributed by atoms with E-state index in [4.69, 9.17) is 10.5 Å². The Morgan fingerprint density at radius 3 is 2.69 bits per heavy atom. The quantitative estimate of drug-likeness (QED) is 0.861. The smallest absolute Gasteiger partial charge is 0.410 e. The number of nitrogens with one attached hydrogen (secondary N) is 1. The van der Waals surface area contributed by atoms with Gasteiger partial charge in [-0.1, -0.05) is 18.2 Å². The predicted octanol–water partition coefficient (Wildman–Crippen LogP) is 3.43. The van der Waals surface area contributed by atoms with Crippen LogP contribution in [0.15, 0.2) is 24.3 Å². The van der Waals surface area contributed by atoms with E-state index in [0.717, 1.165) is 5.57 Å². The second-order valence-electron chi connectivity index (χ2n) is 7.32. The summed E-state index contributed by atoms with van der Waals surface area (Å²) in [6.45, 7) is 6.19. The lowest BCUT2D eigenvalue weighted by Gasteiger charge is -2.30. The van der Waals surface area contributed by atoms with E-state index in [9.17, 15) is 14.0 Å². The number of rotatable bonds is 2. The molecule has 1 aliphatic rings. The van der Waals surface area contributed by atoms with Crippen molar-refractivity contribution in [1.82, 2.24) is 9.88 Å². The lowest BCUT2D eigenvalue weighted by atomic mass is 9.97. The van der Waals surface area contributed by atoms with Crippen LogP contribution in [0.2, 0.25) is 0 Å². The molecule has 0 radical (unpaired) electrons. The molecule has 138 valence electrons. The van der Waals surface area contributed by atoms with Crippen LogP contribution in [-0.4, -0.2) is 40.6 Å². The first-order chi connectivity index (χ1) is 12.2. The second-order valence-corrected chi connectivity index (χ2v) is 7.32. The van der Waals surface area contributed by atoms with E-state index in [2.05, 4.69) is 4.98 Å². The molecule has 7 heteroatoms. The molecule has 1 aliphatic heterocycles. The van der Waals surface area contributed by atoms with Crippen LogP contribution in [0.25, 0.3) is 16.5 Å². The van der Waals surface area contributed by atoms with Crippen LogP contribution in [-0.2, 0) is 4.74 Å². The number of H-pyrrole nitrogens is 1. The zero-order valence-electron chi connectivity index (χ0n) is 15.1. The van der Waals surface area contributed by atoms with Gasteiger partial charge in [0.25, 0.3) is 5.91 Å². The number of aromatic amines is 1. The molecular weight excluding hydrogens is 337 g/mol. The van der Waals surface area contributed by atoms with Gasteiger partial charge in [-0.15, -0.1) is 0 Å². The Kier molecular flexibility index (Phi) is 4.48. The largest absolute Gasteiger partial charge is 0.444 e. The van der Waals surface area contributed by atoms with E-state index < -0.39 is 23.4 Å². The summed E-state index contributed by atoms with van der Waals surface area (Å²) < 4.78 is 19.5. The minimum absolute atomic E-state index is 0.141. The number of aromatic nitrogens is 1. The first-order valence-corrected chi connectivity index (χ1v) is 8.44. The van der Waals surface area contributed by atoms with Crippen LogP contribution >= 0.6 is 0 Å². The van der Waals surface area contributed by atoms with Crippen molar-refractivity contribution in [3.8, 4) is 0 Å². The highest BCUT2D eigenvalue weighted by Gasteiger charge is 2.28. The number of carbonyl (C=O) groups is 2. The molecule has 1 aromatic heterocycles. The normalized spacial score (nSPS) is 15.1. The van der Waals surface area contributed by atoms with E-state index in [0.29, 0.717) is 23.9 Å². The van der Waals surface area contributed by atoms with E-state index in [1.165, 1.54) is 6.07 Å². The minimum atomic E-state index is -0.675. The number of primary amides is 1. The third-order valence-electron chi connectivity index (χ3n) is 4.15. The molecule has 6 nitrogen and oxygen atoms in total. The van der Waals surface area contributed by atoms with Crippen LogP contribution in [0, 0.1) is 5.82 Å². The average Bonchev–Trinajstić information content (AvgIpc) is 2.94. The molecule has 26 heavy (non-hydrogen) atoms. The Bertz CT molecular complexity index is 909. The fourth-order valence-corrected chi connectivity index (χ4v) is 3.11. The van der Waals surface area contributed by atoms with Crippen molar-refractivity contribution >= 4 is 28.5 Å². The van der Waals surface area contributed by atoms with Gasteiger partial charge in [-0.25, -0.2) is 9.18 Å². The predicted molar refractivity (Wildman–Crippen MR) is 97.2 cm³/mol. The maximum absolute atomic E-state index is 14.1. The topological polar surface area (TPSA) is 88.4 Å². The number of carbonyl (C=O) groups excluding carboxylic acids is 2. The molecule has 0 bridgehead atoms. The maximum atomic E-state index is 14.1. The van der Waals surface area contributed by atoms with Crippen molar-refractivity contribution < 1.29 is 18.7 Å². The molecule has 2 aromatic rings. The zero-order chi connectivity index (χ0) is 19.1. The number of benzene rings is 1. The van der Waals surface area contributed by atoms with Crippen molar-refractivity contribution in [2.45, 2.75) is 32.8 Å². The molecular formula is C19H22FN3O3. The molecule has 3 N–H and O–H groups in total. The zero-order valence-corrected chi connectivity index (χ0v) is 15.1. The molecule has 0 spiro atoms. The third kappa shape index (κ3) is 3.42. The summed E-state index contributed by atoms with van der Waals surface area (Å²) in [4.78, 5) is 28.6. The summed E-state index contributed by atoms with van der Waals surface area (Å²) in [6, 6.07) is 4.62. The second kappa shape index (κ2) is 6.48. The van der Waals surface area contributed by atoms with Crippen molar-refractivity contribution in [2.24, 2.45) is 5.73 Å². The summed E-state index contributed by atoms with van der Waals surface area (Å²) in [5.74, 6) is -1.14. The van der Waals surface area contributed by atoms with Crippen LogP contribution in [0.1, 0.15) is 43.2 Å². The third-order valence-corrected chi connectivity index (χ3v) is 4.15. The number of hydrogen-bond donors (Lipinski definition) is 2. The van der Waals surface area contributed by atoms with Crippen LogP contribution in [0.5, 0.6) is 0 Å². The highest BCUT2D eigenvalue weighted by molar-refractivity contribution is 6.06. The number of nitrogens with two attached hydrogens (primary N) is 1. The Hall–Kier alpha value is -2.83. The van der Waals surface area contributed by atoms with Crippen molar-refractivity contribution in [3.05, 3.63) is 41.3 Å². The van der Waals surface area contributed by atoms with Gasteiger partial charge in [0.1, 0.15) is 17.1 Å². The molecule has 0 fully saturated rings. The van der Waals surface area contributed by atoms with Gasteiger partial charge in [0.15, 0.2) is 0 Å². The van der Waals surface area contributed by atoms with Gasteiger partial charge in [-0.05, 0) is 38.8 Å². The molecule has 1 aromatic carbocycles. The molecule has 0 unspecified atom stereocenters. The number of amides is 2. The lowest BCUT2D eigenvalue weighted by molar-refractivity contribution is 0.0273. The monoisotopic (exact) mass is 359 g/mol. The standard InChI is InChI=1S/C19H22FN3O3/c1-19(2,3)26-18(25)23-9-5-6-11(10-23)14-12-7-4-8-13(20)15(12)22-16(14)17(21)24/h4,6-8,22H,5,9-10H2,1-3H3,(H2,21,24). The Labute approximate surface area is 150 Å². The van der Waals surface area contributed by atoms with E-state index in [1.807, 2.05) is 6.08 Å². The van der Waals surface area contributed by atoms with Gasteiger partial charge in [0, 0.05) is 24.0 Å². The number of halogens is 1. The number of para-hydroxylation sites is 1. The van der Waals surface area contributed by atoms with Crippen molar-refractivity contribution in [1.29, 1.82) is 0 Å². The maximum Gasteiger partial charge on any atom is 0.410 e. The fourth-order valence-electron chi connectivity index (χ4n) is 3.11. The lowest BCUT2D eigenvalue weighted by Crippen LogP contribution is -2.39.